The van der Waals surface area contributed by atoms with Crippen molar-refractivity contribution in [3.05, 3.63) is 34.3 Å². The molecule has 0 fully saturated rings. The molecule has 0 aliphatic carbocycles. The molecule has 2 aromatic rings. The molecule has 19 heavy (non-hydrogen) atoms. The molecule has 0 bridgehead atoms. The zero-order valence-corrected chi connectivity index (χ0v) is 12.8. The van der Waals surface area contributed by atoms with Crippen LogP contribution in [0.3, 0.4) is 0 Å². The molecule has 0 atom stereocenters. The van der Waals surface area contributed by atoms with E-state index in [1.165, 1.54) is 0 Å². The SMILES string of the molecule is CCn1cc(C(=O)N(C)Cc2c(Br)cnn2C)cn1. The molecule has 7 heteroatoms. The average Bonchev–Trinajstić information content (AvgIpc) is 2.99. The zero-order valence-electron chi connectivity index (χ0n) is 11.2. The fourth-order valence-electron chi connectivity index (χ4n) is 1.78. The molecule has 0 aliphatic rings. The Morgan fingerprint density at radius 3 is 2.68 bits per heavy atom. The van der Waals surface area contributed by atoms with Crippen molar-refractivity contribution >= 4 is 21.8 Å². The van der Waals surface area contributed by atoms with E-state index in [1.807, 2.05) is 14.0 Å². The van der Waals surface area contributed by atoms with Crippen molar-refractivity contribution in [3.8, 4) is 0 Å². The molecule has 0 radical (unpaired) electrons. The molecule has 2 aromatic heterocycles. The van der Waals surface area contributed by atoms with Crippen LogP contribution in [0.5, 0.6) is 0 Å². The highest BCUT2D eigenvalue weighted by molar-refractivity contribution is 9.10. The summed E-state index contributed by atoms with van der Waals surface area (Å²) in [4.78, 5) is 13.9. The molecule has 2 heterocycles. The van der Waals surface area contributed by atoms with E-state index < -0.39 is 0 Å². The van der Waals surface area contributed by atoms with Gasteiger partial charge in [0.05, 0.1) is 34.7 Å². The molecular weight excluding hydrogens is 310 g/mol. The van der Waals surface area contributed by atoms with E-state index in [-0.39, 0.29) is 5.91 Å². The summed E-state index contributed by atoms with van der Waals surface area (Å²) in [7, 11) is 3.62. The van der Waals surface area contributed by atoms with Gasteiger partial charge >= 0.3 is 0 Å². The molecule has 0 aliphatic heterocycles. The standard InChI is InChI=1S/C12H16BrN5O/c1-4-18-7-9(5-15-18)12(19)16(2)8-11-10(13)6-14-17(11)3/h5-7H,4,8H2,1-3H3. The summed E-state index contributed by atoms with van der Waals surface area (Å²) in [6.07, 6.45) is 5.08. The monoisotopic (exact) mass is 325 g/mol. The van der Waals surface area contributed by atoms with E-state index in [9.17, 15) is 4.79 Å². The third-order valence-corrected chi connectivity index (χ3v) is 3.61. The van der Waals surface area contributed by atoms with Gasteiger partial charge in [0.25, 0.3) is 5.91 Å². The first kappa shape index (κ1) is 13.8. The van der Waals surface area contributed by atoms with Gasteiger partial charge in [0.15, 0.2) is 0 Å². The number of halogens is 1. The van der Waals surface area contributed by atoms with Crippen LogP contribution < -0.4 is 0 Å². The third-order valence-electron chi connectivity index (χ3n) is 2.95. The summed E-state index contributed by atoms with van der Waals surface area (Å²) >= 11 is 3.43. The van der Waals surface area contributed by atoms with Gasteiger partial charge in [0.2, 0.25) is 0 Å². The second-order valence-electron chi connectivity index (χ2n) is 4.31. The maximum atomic E-state index is 12.3. The molecule has 0 saturated carbocycles. The number of rotatable bonds is 4. The fraction of sp³-hybridized carbons (Fsp3) is 0.417. The summed E-state index contributed by atoms with van der Waals surface area (Å²) < 4.78 is 4.39. The normalized spacial score (nSPS) is 10.7. The Labute approximate surface area is 120 Å². The van der Waals surface area contributed by atoms with Crippen molar-refractivity contribution in [1.29, 1.82) is 0 Å². The molecule has 0 saturated heterocycles. The summed E-state index contributed by atoms with van der Waals surface area (Å²) in [5.74, 6) is -0.0483. The Morgan fingerprint density at radius 1 is 1.42 bits per heavy atom. The van der Waals surface area contributed by atoms with Gasteiger partial charge in [-0.2, -0.15) is 10.2 Å². The summed E-state index contributed by atoms with van der Waals surface area (Å²) in [5, 5.41) is 8.25. The third kappa shape index (κ3) is 2.86. The minimum atomic E-state index is -0.0483. The van der Waals surface area contributed by atoms with Gasteiger partial charge in [0, 0.05) is 26.8 Å². The van der Waals surface area contributed by atoms with Gasteiger partial charge in [-0.15, -0.1) is 0 Å². The van der Waals surface area contributed by atoms with Crippen molar-refractivity contribution in [1.82, 2.24) is 24.5 Å². The molecular formula is C12H16BrN5O. The van der Waals surface area contributed by atoms with Crippen LogP contribution in [0.15, 0.2) is 23.1 Å². The lowest BCUT2D eigenvalue weighted by Gasteiger charge is -2.16. The van der Waals surface area contributed by atoms with Gasteiger partial charge in [-0.25, -0.2) is 0 Å². The number of hydrogen-bond acceptors (Lipinski definition) is 3. The smallest absolute Gasteiger partial charge is 0.257 e. The van der Waals surface area contributed by atoms with Crippen LogP contribution in [0.1, 0.15) is 23.0 Å². The van der Waals surface area contributed by atoms with Crippen molar-refractivity contribution in [3.63, 3.8) is 0 Å². The first-order valence-corrected chi connectivity index (χ1v) is 6.76. The van der Waals surface area contributed by atoms with Gasteiger partial charge in [0.1, 0.15) is 0 Å². The summed E-state index contributed by atoms with van der Waals surface area (Å²) in [5.41, 5.74) is 1.56. The number of amides is 1. The highest BCUT2D eigenvalue weighted by Crippen LogP contribution is 2.17. The molecule has 6 nitrogen and oxygen atoms in total. The maximum absolute atomic E-state index is 12.3. The predicted molar refractivity (Wildman–Crippen MR) is 74.6 cm³/mol. The Balaban J connectivity index is 2.11. The Hall–Kier alpha value is -1.63. The van der Waals surface area contributed by atoms with Crippen LogP contribution in [-0.4, -0.2) is 37.4 Å². The van der Waals surface area contributed by atoms with Crippen LogP contribution in [0, 0.1) is 0 Å². The summed E-state index contributed by atoms with van der Waals surface area (Å²) in [6, 6.07) is 0. The van der Waals surface area contributed by atoms with Crippen molar-refractivity contribution in [2.75, 3.05) is 7.05 Å². The van der Waals surface area contributed by atoms with Crippen molar-refractivity contribution in [2.24, 2.45) is 7.05 Å². The average molecular weight is 326 g/mol. The van der Waals surface area contributed by atoms with Crippen molar-refractivity contribution in [2.45, 2.75) is 20.0 Å². The van der Waals surface area contributed by atoms with E-state index in [1.54, 1.807) is 39.9 Å². The number of aryl methyl sites for hydroxylation is 2. The second kappa shape index (κ2) is 5.56. The zero-order chi connectivity index (χ0) is 14.0. The Morgan fingerprint density at radius 2 is 2.16 bits per heavy atom. The maximum Gasteiger partial charge on any atom is 0.257 e. The lowest BCUT2D eigenvalue weighted by molar-refractivity contribution is 0.0781. The Kier molecular flexibility index (Phi) is 4.04. The van der Waals surface area contributed by atoms with Gasteiger partial charge in [-0.1, -0.05) is 0 Å². The highest BCUT2D eigenvalue weighted by atomic mass is 79.9. The molecule has 0 unspecified atom stereocenters. The highest BCUT2D eigenvalue weighted by Gasteiger charge is 2.16. The lowest BCUT2D eigenvalue weighted by atomic mass is 10.3. The number of hydrogen-bond donors (Lipinski definition) is 0. The minimum absolute atomic E-state index is 0.0483. The van der Waals surface area contributed by atoms with Crippen LogP contribution in [0.25, 0.3) is 0 Å². The lowest BCUT2D eigenvalue weighted by Crippen LogP contribution is -2.27. The molecule has 0 spiro atoms. The molecule has 0 aromatic carbocycles. The van der Waals surface area contributed by atoms with Gasteiger partial charge < -0.3 is 4.90 Å². The number of carbonyl (C=O) groups excluding carboxylic acids is 1. The quantitative estimate of drug-likeness (QED) is 0.859. The van der Waals surface area contributed by atoms with E-state index in [0.717, 1.165) is 16.7 Å². The van der Waals surface area contributed by atoms with E-state index in [4.69, 9.17) is 0 Å². The van der Waals surface area contributed by atoms with Crippen LogP contribution in [0.2, 0.25) is 0 Å². The number of carbonyl (C=O) groups is 1. The number of aromatic nitrogens is 4. The molecule has 102 valence electrons. The van der Waals surface area contributed by atoms with Crippen molar-refractivity contribution < 1.29 is 4.79 Å². The Bertz CT molecular complexity index is 569. The van der Waals surface area contributed by atoms with Crippen LogP contribution in [-0.2, 0) is 20.1 Å². The first-order chi connectivity index (χ1) is 9.02. The van der Waals surface area contributed by atoms with E-state index >= 15 is 0 Å². The molecule has 2 rings (SSSR count). The number of nitrogens with zero attached hydrogens (tertiary/aromatic N) is 5. The van der Waals surface area contributed by atoms with E-state index in [0.29, 0.717) is 12.1 Å². The largest absolute Gasteiger partial charge is 0.336 e. The molecule has 1 amide bonds. The van der Waals surface area contributed by atoms with Gasteiger partial charge in [-0.3, -0.25) is 14.2 Å². The first-order valence-electron chi connectivity index (χ1n) is 5.97. The summed E-state index contributed by atoms with van der Waals surface area (Å²) in [6.45, 7) is 3.23. The topological polar surface area (TPSA) is 56.0 Å². The fourth-order valence-corrected chi connectivity index (χ4v) is 2.25. The van der Waals surface area contributed by atoms with Gasteiger partial charge in [-0.05, 0) is 22.9 Å². The predicted octanol–water partition coefficient (Wildman–Crippen LogP) is 1.67. The molecule has 0 N–H and O–H groups in total. The minimum Gasteiger partial charge on any atom is -0.336 e. The van der Waals surface area contributed by atoms with Crippen LogP contribution in [0.4, 0.5) is 0 Å². The van der Waals surface area contributed by atoms with E-state index in [2.05, 4.69) is 26.1 Å². The second-order valence-corrected chi connectivity index (χ2v) is 5.16. The van der Waals surface area contributed by atoms with Crippen LogP contribution >= 0.6 is 15.9 Å².